The van der Waals surface area contributed by atoms with Crippen LogP contribution < -0.4 is 21.7 Å². The molecule has 1 aliphatic heterocycles. The molecule has 6 heteroatoms. The number of nitrogens with two attached hydrogens (primary N) is 1. The largest absolute Gasteiger partial charge is 0.395 e. The number of hydrogen-bond acceptors (Lipinski definition) is 3. The molecule has 2 unspecified atom stereocenters. The molecule has 4 rings (SSSR count). The van der Waals surface area contributed by atoms with Gasteiger partial charge in [0.15, 0.2) is 0 Å². The first kappa shape index (κ1) is 17.9. The summed E-state index contributed by atoms with van der Waals surface area (Å²) in [7, 11) is 0. The molecule has 0 bridgehead atoms. The molecule has 0 aromatic heterocycles. The maximum Gasteiger partial charge on any atom is 0.323 e. The Balaban J connectivity index is 1.59. The molecule has 3 amide bonds. The van der Waals surface area contributed by atoms with Gasteiger partial charge in [-0.25, -0.2) is 4.79 Å². The fraction of sp³-hybridized carbons (Fsp3) is 0.182. The first-order valence-corrected chi connectivity index (χ1v) is 9.22. The third kappa shape index (κ3) is 3.36. The SMILES string of the molecule is C=C1NC(=O)NC(C(=O)NC2Cc3ccccc3C2Cc2ccccc2)=C1N. The lowest BCUT2D eigenvalue weighted by Gasteiger charge is -2.25. The Morgan fingerprint density at radius 2 is 1.82 bits per heavy atom. The van der Waals surface area contributed by atoms with Crippen LogP contribution in [0.5, 0.6) is 0 Å². The smallest absolute Gasteiger partial charge is 0.323 e. The van der Waals surface area contributed by atoms with E-state index >= 15 is 0 Å². The van der Waals surface area contributed by atoms with Crippen LogP contribution in [0.1, 0.15) is 22.6 Å². The van der Waals surface area contributed by atoms with Gasteiger partial charge in [-0.3, -0.25) is 4.79 Å². The minimum atomic E-state index is -0.514. The topological polar surface area (TPSA) is 96.2 Å². The Morgan fingerprint density at radius 1 is 1.11 bits per heavy atom. The number of nitrogens with one attached hydrogen (secondary N) is 3. The lowest BCUT2D eigenvalue weighted by molar-refractivity contribution is -0.118. The summed E-state index contributed by atoms with van der Waals surface area (Å²) in [5.74, 6) is -0.255. The van der Waals surface area contributed by atoms with Crippen molar-refractivity contribution >= 4 is 11.9 Å². The van der Waals surface area contributed by atoms with Gasteiger partial charge in [0.1, 0.15) is 5.70 Å². The zero-order valence-electron chi connectivity index (χ0n) is 15.4. The van der Waals surface area contributed by atoms with Crippen LogP contribution in [-0.2, 0) is 17.6 Å². The Kier molecular flexibility index (Phi) is 4.61. The van der Waals surface area contributed by atoms with Crippen molar-refractivity contribution in [3.63, 3.8) is 0 Å². The van der Waals surface area contributed by atoms with Gasteiger partial charge in [0.2, 0.25) is 0 Å². The number of rotatable bonds is 4. The van der Waals surface area contributed by atoms with Gasteiger partial charge in [-0.2, -0.15) is 0 Å². The summed E-state index contributed by atoms with van der Waals surface area (Å²) >= 11 is 0. The van der Waals surface area contributed by atoms with Gasteiger partial charge >= 0.3 is 6.03 Å². The van der Waals surface area contributed by atoms with E-state index in [0.717, 1.165) is 12.8 Å². The van der Waals surface area contributed by atoms with Gasteiger partial charge < -0.3 is 21.7 Å². The van der Waals surface area contributed by atoms with Gasteiger partial charge in [-0.15, -0.1) is 0 Å². The number of fused-ring (bicyclic) bond motifs is 1. The number of carbonyl (C=O) groups excluding carboxylic acids is 2. The van der Waals surface area contributed by atoms with Gasteiger partial charge in [-0.1, -0.05) is 61.2 Å². The molecule has 2 aromatic rings. The Morgan fingerprint density at radius 3 is 2.61 bits per heavy atom. The van der Waals surface area contributed by atoms with Gasteiger partial charge in [0, 0.05) is 12.0 Å². The van der Waals surface area contributed by atoms with Gasteiger partial charge in [0.25, 0.3) is 5.91 Å². The summed E-state index contributed by atoms with van der Waals surface area (Å²) in [6, 6.07) is 17.9. The molecule has 1 heterocycles. The van der Waals surface area contributed by atoms with E-state index in [1.165, 1.54) is 16.7 Å². The highest BCUT2D eigenvalue weighted by Gasteiger charge is 2.35. The van der Waals surface area contributed by atoms with Crippen molar-refractivity contribution in [1.82, 2.24) is 16.0 Å². The Labute approximate surface area is 163 Å². The van der Waals surface area contributed by atoms with E-state index in [0.29, 0.717) is 0 Å². The van der Waals surface area contributed by atoms with Crippen LogP contribution in [0.4, 0.5) is 4.79 Å². The first-order chi connectivity index (χ1) is 13.5. The fourth-order valence-corrected chi connectivity index (χ4v) is 3.94. The predicted octanol–water partition coefficient (Wildman–Crippen LogP) is 2.05. The molecule has 0 radical (unpaired) electrons. The summed E-state index contributed by atoms with van der Waals surface area (Å²) in [5.41, 5.74) is 10.1. The molecule has 0 saturated heterocycles. The second-order valence-electron chi connectivity index (χ2n) is 7.13. The first-order valence-electron chi connectivity index (χ1n) is 9.22. The summed E-state index contributed by atoms with van der Waals surface area (Å²) in [5, 5.41) is 8.02. The predicted molar refractivity (Wildman–Crippen MR) is 107 cm³/mol. The van der Waals surface area contributed by atoms with Crippen molar-refractivity contribution < 1.29 is 9.59 Å². The van der Waals surface area contributed by atoms with E-state index in [-0.39, 0.29) is 29.1 Å². The van der Waals surface area contributed by atoms with Crippen LogP contribution in [-0.4, -0.2) is 18.0 Å². The summed E-state index contributed by atoms with van der Waals surface area (Å²) in [4.78, 5) is 24.6. The molecule has 0 fully saturated rings. The standard InChI is InChI=1S/C22H22N4O2/c1-13-19(23)20(26-22(28)24-13)21(27)25-18-12-15-9-5-6-10-16(15)17(18)11-14-7-3-2-4-8-14/h2-10,17-18H,1,11-12,23H2,(H,25,27)(H2,24,26,28). The number of carbonyl (C=O) groups is 2. The van der Waals surface area contributed by atoms with Gasteiger partial charge in [0.05, 0.1) is 11.4 Å². The average molecular weight is 374 g/mol. The normalized spacial score (nSPS) is 21.0. The molecule has 2 aliphatic rings. The van der Waals surface area contributed by atoms with Crippen LogP contribution in [0.3, 0.4) is 0 Å². The van der Waals surface area contributed by atoms with E-state index in [1.54, 1.807) is 0 Å². The zero-order chi connectivity index (χ0) is 19.7. The molecule has 142 valence electrons. The summed E-state index contributed by atoms with van der Waals surface area (Å²) in [6.45, 7) is 3.68. The summed E-state index contributed by atoms with van der Waals surface area (Å²) in [6.07, 6.45) is 1.55. The highest BCUT2D eigenvalue weighted by atomic mass is 16.2. The minimum absolute atomic E-state index is 0.0446. The monoisotopic (exact) mass is 374 g/mol. The molecule has 0 saturated carbocycles. The van der Waals surface area contributed by atoms with Crippen molar-refractivity contribution in [2.24, 2.45) is 5.73 Å². The van der Waals surface area contributed by atoms with Crippen LogP contribution in [0, 0.1) is 0 Å². The van der Waals surface area contributed by atoms with Crippen LogP contribution in [0.25, 0.3) is 0 Å². The molecule has 1 aliphatic carbocycles. The number of hydrogen-bond donors (Lipinski definition) is 4. The van der Waals surface area contributed by atoms with Crippen LogP contribution >= 0.6 is 0 Å². The molecular formula is C22H22N4O2. The zero-order valence-corrected chi connectivity index (χ0v) is 15.4. The van der Waals surface area contributed by atoms with Crippen molar-refractivity contribution in [2.75, 3.05) is 0 Å². The fourth-order valence-electron chi connectivity index (χ4n) is 3.94. The van der Waals surface area contributed by atoms with Gasteiger partial charge in [-0.05, 0) is 29.5 Å². The van der Waals surface area contributed by atoms with Crippen LogP contribution in [0.15, 0.2) is 78.3 Å². The van der Waals surface area contributed by atoms with E-state index < -0.39 is 11.9 Å². The second-order valence-corrected chi connectivity index (χ2v) is 7.13. The number of urea groups is 1. The molecule has 2 atom stereocenters. The highest BCUT2D eigenvalue weighted by Crippen LogP contribution is 2.36. The molecule has 28 heavy (non-hydrogen) atoms. The van der Waals surface area contributed by atoms with E-state index in [4.69, 9.17) is 5.73 Å². The van der Waals surface area contributed by atoms with E-state index in [2.05, 4.69) is 46.8 Å². The number of benzene rings is 2. The molecular weight excluding hydrogens is 352 g/mol. The van der Waals surface area contributed by atoms with Crippen molar-refractivity contribution in [1.29, 1.82) is 0 Å². The van der Waals surface area contributed by atoms with Crippen molar-refractivity contribution in [3.05, 3.63) is 95.0 Å². The second kappa shape index (κ2) is 7.23. The Bertz CT molecular complexity index is 981. The lowest BCUT2D eigenvalue weighted by Crippen LogP contribution is -2.49. The Hall–Kier alpha value is -3.54. The van der Waals surface area contributed by atoms with Crippen molar-refractivity contribution in [3.8, 4) is 0 Å². The maximum atomic E-state index is 12.9. The van der Waals surface area contributed by atoms with Crippen LogP contribution in [0.2, 0.25) is 0 Å². The molecule has 0 spiro atoms. The van der Waals surface area contributed by atoms with E-state index in [9.17, 15) is 9.59 Å². The lowest BCUT2D eigenvalue weighted by atomic mass is 9.91. The van der Waals surface area contributed by atoms with E-state index in [1.807, 2.05) is 30.3 Å². The minimum Gasteiger partial charge on any atom is -0.395 e. The maximum absolute atomic E-state index is 12.9. The average Bonchev–Trinajstić information content (AvgIpc) is 3.02. The number of amides is 3. The molecule has 6 nitrogen and oxygen atoms in total. The molecule has 2 aromatic carbocycles. The quantitative estimate of drug-likeness (QED) is 0.659. The third-order valence-corrected chi connectivity index (χ3v) is 5.32. The molecule has 5 N–H and O–H groups in total. The summed E-state index contributed by atoms with van der Waals surface area (Å²) < 4.78 is 0. The third-order valence-electron chi connectivity index (χ3n) is 5.32. The highest BCUT2D eigenvalue weighted by molar-refractivity contribution is 6.00. The van der Waals surface area contributed by atoms with Crippen molar-refractivity contribution in [2.45, 2.75) is 24.8 Å².